The summed E-state index contributed by atoms with van der Waals surface area (Å²) in [5, 5.41) is 0. The van der Waals surface area contributed by atoms with Crippen LogP contribution in [0.15, 0.2) is 16.7 Å². The predicted octanol–water partition coefficient (Wildman–Crippen LogP) is 3.08. The fourth-order valence-corrected chi connectivity index (χ4v) is 2.82. The lowest BCUT2D eigenvalue weighted by Gasteiger charge is -2.35. The SMILES string of the molecule is CC(C)(C)[S+]([O-])NC(CC=O)(c1nc(Br)ccc1F)C(F)F. The molecule has 0 saturated heterocycles. The lowest BCUT2D eigenvalue weighted by molar-refractivity contribution is -0.111. The van der Waals surface area contributed by atoms with Crippen molar-refractivity contribution in [2.75, 3.05) is 0 Å². The van der Waals surface area contributed by atoms with Crippen LogP contribution >= 0.6 is 15.9 Å². The van der Waals surface area contributed by atoms with Gasteiger partial charge in [-0.05, 0) is 48.8 Å². The van der Waals surface area contributed by atoms with Crippen LogP contribution in [0.1, 0.15) is 32.9 Å². The third-order valence-electron chi connectivity index (χ3n) is 2.84. The second kappa shape index (κ2) is 7.29. The number of aromatic nitrogens is 1. The van der Waals surface area contributed by atoms with Gasteiger partial charge in [0.15, 0.2) is 5.54 Å². The number of aldehydes is 1. The highest BCUT2D eigenvalue weighted by atomic mass is 79.9. The van der Waals surface area contributed by atoms with Gasteiger partial charge in [0.2, 0.25) is 0 Å². The van der Waals surface area contributed by atoms with Gasteiger partial charge in [0.1, 0.15) is 27.1 Å². The topological polar surface area (TPSA) is 65.0 Å². The number of halogens is 4. The van der Waals surface area contributed by atoms with Crippen molar-refractivity contribution in [3.05, 3.63) is 28.2 Å². The van der Waals surface area contributed by atoms with Gasteiger partial charge in [-0.1, -0.05) is 0 Å². The summed E-state index contributed by atoms with van der Waals surface area (Å²) in [6.07, 6.45) is -3.74. The number of nitrogens with zero attached hydrogens (tertiary/aromatic N) is 1. The molecule has 0 spiro atoms. The van der Waals surface area contributed by atoms with E-state index in [1.54, 1.807) is 20.8 Å². The van der Waals surface area contributed by atoms with E-state index in [-0.39, 0.29) is 10.9 Å². The molecule has 1 heterocycles. The summed E-state index contributed by atoms with van der Waals surface area (Å²) in [5.74, 6) is -1.01. The Morgan fingerprint density at radius 3 is 2.50 bits per heavy atom. The third kappa shape index (κ3) is 4.21. The van der Waals surface area contributed by atoms with E-state index in [1.807, 2.05) is 0 Å². The minimum Gasteiger partial charge on any atom is -0.598 e. The first-order valence-corrected chi connectivity index (χ1v) is 8.23. The average molecular weight is 401 g/mol. The largest absolute Gasteiger partial charge is 0.598 e. The van der Waals surface area contributed by atoms with E-state index in [1.165, 1.54) is 6.07 Å². The highest BCUT2D eigenvalue weighted by Gasteiger charge is 2.50. The van der Waals surface area contributed by atoms with E-state index in [4.69, 9.17) is 0 Å². The Kier molecular flexibility index (Phi) is 6.43. The van der Waals surface area contributed by atoms with Crippen LogP contribution in [0.2, 0.25) is 0 Å². The van der Waals surface area contributed by atoms with Gasteiger partial charge in [-0.25, -0.2) is 18.2 Å². The van der Waals surface area contributed by atoms with E-state index in [2.05, 4.69) is 25.6 Å². The first-order valence-electron chi connectivity index (χ1n) is 6.28. The number of alkyl halides is 2. The van der Waals surface area contributed by atoms with Crippen LogP contribution in [0.25, 0.3) is 0 Å². The van der Waals surface area contributed by atoms with Crippen molar-refractivity contribution in [3.63, 3.8) is 0 Å². The molecule has 0 aliphatic heterocycles. The number of carbonyl (C=O) groups excluding carboxylic acids is 1. The summed E-state index contributed by atoms with van der Waals surface area (Å²) < 4.78 is 55.1. The Morgan fingerprint density at radius 1 is 1.45 bits per heavy atom. The molecule has 124 valence electrons. The Morgan fingerprint density at radius 2 is 2.05 bits per heavy atom. The zero-order chi connectivity index (χ0) is 17.1. The molecular weight excluding hydrogens is 385 g/mol. The van der Waals surface area contributed by atoms with Gasteiger partial charge in [0.05, 0.1) is 0 Å². The highest BCUT2D eigenvalue weighted by Crippen LogP contribution is 2.35. The summed E-state index contributed by atoms with van der Waals surface area (Å²) in [4.78, 5) is 14.6. The van der Waals surface area contributed by atoms with E-state index >= 15 is 0 Å². The molecule has 0 aromatic carbocycles. The number of hydrogen-bond acceptors (Lipinski definition) is 4. The van der Waals surface area contributed by atoms with Crippen LogP contribution in [0.4, 0.5) is 13.2 Å². The summed E-state index contributed by atoms with van der Waals surface area (Å²) in [6, 6.07) is 2.20. The Bertz CT molecular complexity index is 543. The Labute approximate surface area is 138 Å². The molecule has 0 aliphatic carbocycles. The zero-order valence-electron chi connectivity index (χ0n) is 12.2. The number of rotatable bonds is 6. The first-order chi connectivity index (χ1) is 10.0. The molecule has 22 heavy (non-hydrogen) atoms. The fourth-order valence-electron chi connectivity index (χ4n) is 1.60. The molecule has 0 fully saturated rings. The quantitative estimate of drug-likeness (QED) is 0.452. The molecule has 0 amide bonds. The minimum absolute atomic E-state index is 0.128. The van der Waals surface area contributed by atoms with Gasteiger partial charge >= 0.3 is 0 Å². The number of hydrogen-bond donors (Lipinski definition) is 1. The minimum atomic E-state index is -3.19. The maximum atomic E-state index is 14.0. The monoisotopic (exact) mass is 400 g/mol. The molecule has 4 nitrogen and oxygen atoms in total. The molecule has 2 atom stereocenters. The van der Waals surface area contributed by atoms with Gasteiger partial charge in [0.25, 0.3) is 6.43 Å². The molecule has 2 unspecified atom stereocenters. The zero-order valence-corrected chi connectivity index (χ0v) is 14.6. The van der Waals surface area contributed by atoms with E-state index in [0.717, 1.165) is 6.07 Å². The van der Waals surface area contributed by atoms with Crippen molar-refractivity contribution in [2.45, 2.75) is 43.9 Å². The molecule has 1 aromatic heterocycles. The second-order valence-corrected chi connectivity index (χ2v) is 8.37. The van der Waals surface area contributed by atoms with Crippen LogP contribution in [0.3, 0.4) is 0 Å². The van der Waals surface area contributed by atoms with Gasteiger partial charge in [-0.15, -0.1) is 4.72 Å². The summed E-state index contributed by atoms with van der Waals surface area (Å²) >= 11 is 1.03. The maximum Gasteiger partial charge on any atom is 0.266 e. The summed E-state index contributed by atoms with van der Waals surface area (Å²) in [7, 11) is 0. The van der Waals surface area contributed by atoms with Crippen LogP contribution < -0.4 is 4.72 Å². The van der Waals surface area contributed by atoms with E-state index in [9.17, 15) is 22.5 Å². The van der Waals surface area contributed by atoms with Gasteiger partial charge in [-0.3, -0.25) is 0 Å². The lowest BCUT2D eigenvalue weighted by atomic mass is 9.92. The van der Waals surface area contributed by atoms with E-state index in [0.29, 0.717) is 0 Å². The Balaban J connectivity index is 3.44. The molecule has 1 aromatic rings. The molecule has 0 bridgehead atoms. The van der Waals surface area contributed by atoms with Gasteiger partial charge < -0.3 is 9.35 Å². The number of carbonyl (C=O) groups is 1. The predicted molar refractivity (Wildman–Crippen MR) is 81.3 cm³/mol. The molecule has 0 aliphatic rings. The van der Waals surface area contributed by atoms with Crippen LogP contribution in [0, 0.1) is 5.82 Å². The molecule has 9 heteroatoms. The molecule has 0 radical (unpaired) electrons. The van der Waals surface area contributed by atoms with Crippen molar-refractivity contribution in [1.82, 2.24) is 9.71 Å². The van der Waals surface area contributed by atoms with Gasteiger partial charge in [-0.2, -0.15) is 0 Å². The average Bonchev–Trinajstić information content (AvgIpc) is 2.39. The van der Waals surface area contributed by atoms with E-state index < -0.39 is 46.0 Å². The highest BCUT2D eigenvalue weighted by molar-refractivity contribution is 9.10. The van der Waals surface area contributed by atoms with Gasteiger partial charge in [0, 0.05) is 17.8 Å². The normalized spacial score (nSPS) is 16.4. The van der Waals surface area contributed by atoms with Crippen molar-refractivity contribution >= 4 is 33.6 Å². The number of pyridine rings is 1. The fraction of sp³-hybridized carbons (Fsp3) is 0.538. The molecular formula is C13H16BrF3N2O2S. The molecule has 0 saturated carbocycles. The number of nitrogens with one attached hydrogen (secondary N) is 1. The molecule has 1 rings (SSSR count). The summed E-state index contributed by atoms with van der Waals surface area (Å²) in [6.45, 7) is 4.70. The smallest absolute Gasteiger partial charge is 0.266 e. The third-order valence-corrected chi connectivity index (χ3v) is 4.95. The standard InChI is InChI=1S/C13H16BrF3N2O2S/c1-12(2,3)22(21)19-13(6-7-20,11(16)17)10-8(15)4-5-9(14)18-10/h4-5,7,11,19H,6H2,1-3H3. The van der Waals surface area contributed by atoms with Crippen LogP contribution in [0.5, 0.6) is 0 Å². The van der Waals surface area contributed by atoms with Crippen molar-refractivity contribution in [3.8, 4) is 0 Å². The van der Waals surface area contributed by atoms with Crippen molar-refractivity contribution < 1.29 is 22.5 Å². The maximum absolute atomic E-state index is 14.0. The first kappa shape index (κ1) is 19.4. The van der Waals surface area contributed by atoms with Crippen molar-refractivity contribution in [2.24, 2.45) is 0 Å². The lowest BCUT2D eigenvalue weighted by Crippen LogP contribution is -2.56. The van der Waals surface area contributed by atoms with Crippen LogP contribution in [-0.4, -0.2) is 27.0 Å². The Hall–Kier alpha value is -0.640. The second-order valence-electron chi connectivity index (χ2n) is 5.59. The molecule has 1 N–H and O–H groups in total. The van der Waals surface area contributed by atoms with Crippen molar-refractivity contribution in [1.29, 1.82) is 0 Å². The summed E-state index contributed by atoms with van der Waals surface area (Å²) in [5.41, 5.74) is -3.12. The van der Waals surface area contributed by atoms with Crippen LogP contribution in [-0.2, 0) is 21.7 Å².